The lowest BCUT2D eigenvalue weighted by Crippen LogP contribution is -2.41. The number of carbonyl (C=O) groups is 1. The Morgan fingerprint density at radius 1 is 1.22 bits per heavy atom. The van der Waals surface area contributed by atoms with Gasteiger partial charge in [0.1, 0.15) is 5.82 Å². The number of nitrogens with zero attached hydrogens (tertiary/aromatic N) is 1. The van der Waals surface area contributed by atoms with Crippen LogP contribution in [-0.4, -0.2) is 23.9 Å². The third-order valence-corrected chi connectivity index (χ3v) is 5.69. The highest BCUT2D eigenvalue weighted by atomic mass is 35.5. The Labute approximate surface area is 165 Å². The standard InChI is InChI=1S/C22H26ClFN2O/c1-15-6-8-17(9-7-15)16(2)25-22(27)18-10-12-26(13-11-18)14-19-20(23)4-3-5-21(19)24/h3-9,16,18H,10-14H2,1-2H3,(H,25,27). The lowest BCUT2D eigenvalue weighted by molar-refractivity contribution is -0.127. The Hall–Kier alpha value is -1.91. The van der Waals surface area contributed by atoms with Crippen molar-refractivity contribution < 1.29 is 9.18 Å². The quantitative estimate of drug-likeness (QED) is 0.791. The number of piperidine rings is 1. The third-order valence-electron chi connectivity index (χ3n) is 5.34. The molecule has 1 heterocycles. The predicted molar refractivity (Wildman–Crippen MR) is 107 cm³/mol. The number of hydrogen-bond donors (Lipinski definition) is 1. The number of nitrogens with one attached hydrogen (secondary N) is 1. The molecule has 0 spiro atoms. The molecule has 1 aliphatic heterocycles. The molecule has 0 aliphatic carbocycles. The molecule has 0 bridgehead atoms. The summed E-state index contributed by atoms with van der Waals surface area (Å²) < 4.78 is 14.0. The van der Waals surface area contributed by atoms with Crippen molar-refractivity contribution in [1.29, 1.82) is 0 Å². The topological polar surface area (TPSA) is 32.3 Å². The first-order chi connectivity index (χ1) is 12.9. The highest BCUT2D eigenvalue weighted by molar-refractivity contribution is 6.31. The zero-order chi connectivity index (χ0) is 19.4. The van der Waals surface area contributed by atoms with Crippen LogP contribution in [0.4, 0.5) is 4.39 Å². The molecule has 1 unspecified atom stereocenters. The van der Waals surface area contributed by atoms with Gasteiger partial charge in [-0.05, 0) is 57.5 Å². The minimum Gasteiger partial charge on any atom is -0.349 e. The maximum absolute atomic E-state index is 14.0. The molecule has 0 radical (unpaired) electrons. The van der Waals surface area contributed by atoms with Crippen molar-refractivity contribution in [3.8, 4) is 0 Å². The van der Waals surface area contributed by atoms with Crippen molar-refractivity contribution in [2.45, 2.75) is 39.3 Å². The molecule has 2 aromatic carbocycles. The second-order valence-electron chi connectivity index (χ2n) is 7.39. The van der Waals surface area contributed by atoms with Crippen molar-refractivity contribution >= 4 is 17.5 Å². The molecule has 144 valence electrons. The van der Waals surface area contributed by atoms with E-state index in [1.54, 1.807) is 12.1 Å². The van der Waals surface area contributed by atoms with E-state index < -0.39 is 0 Å². The number of carbonyl (C=O) groups excluding carboxylic acids is 1. The molecule has 3 rings (SSSR count). The Morgan fingerprint density at radius 2 is 1.89 bits per heavy atom. The molecule has 1 amide bonds. The van der Waals surface area contributed by atoms with Crippen LogP contribution in [0.5, 0.6) is 0 Å². The summed E-state index contributed by atoms with van der Waals surface area (Å²) >= 11 is 6.12. The number of benzene rings is 2. The number of rotatable bonds is 5. The van der Waals surface area contributed by atoms with E-state index in [0.29, 0.717) is 17.1 Å². The fourth-order valence-corrected chi connectivity index (χ4v) is 3.75. The van der Waals surface area contributed by atoms with E-state index in [-0.39, 0.29) is 23.7 Å². The van der Waals surface area contributed by atoms with Gasteiger partial charge in [-0.1, -0.05) is 47.5 Å². The molecule has 1 fully saturated rings. The van der Waals surface area contributed by atoms with Crippen LogP contribution in [0.3, 0.4) is 0 Å². The lowest BCUT2D eigenvalue weighted by atomic mass is 9.94. The van der Waals surface area contributed by atoms with Gasteiger partial charge in [-0.25, -0.2) is 4.39 Å². The fourth-order valence-electron chi connectivity index (χ4n) is 3.53. The highest BCUT2D eigenvalue weighted by Gasteiger charge is 2.26. The minimum atomic E-state index is -0.269. The summed E-state index contributed by atoms with van der Waals surface area (Å²) in [6.45, 7) is 6.08. The normalized spacial score (nSPS) is 16.9. The molecule has 2 aromatic rings. The maximum atomic E-state index is 14.0. The van der Waals surface area contributed by atoms with Gasteiger partial charge in [0.15, 0.2) is 0 Å². The first-order valence-electron chi connectivity index (χ1n) is 9.46. The van der Waals surface area contributed by atoms with E-state index in [9.17, 15) is 9.18 Å². The molecule has 0 aromatic heterocycles. The molecule has 1 saturated heterocycles. The highest BCUT2D eigenvalue weighted by Crippen LogP contribution is 2.25. The fraction of sp³-hybridized carbons (Fsp3) is 0.409. The molecule has 27 heavy (non-hydrogen) atoms. The molecular formula is C22H26ClFN2O. The average molecular weight is 389 g/mol. The van der Waals surface area contributed by atoms with Crippen LogP contribution in [0.1, 0.15) is 42.5 Å². The summed E-state index contributed by atoms with van der Waals surface area (Å²) in [6, 6.07) is 13.0. The Kier molecular flexibility index (Phi) is 6.51. The van der Waals surface area contributed by atoms with Crippen molar-refractivity contribution in [1.82, 2.24) is 10.2 Å². The first-order valence-corrected chi connectivity index (χ1v) is 9.84. The Balaban J connectivity index is 1.51. The average Bonchev–Trinajstić information content (AvgIpc) is 2.66. The largest absolute Gasteiger partial charge is 0.349 e. The second-order valence-corrected chi connectivity index (χ2v) is 7.80. The molecule has 0 saturated carbocycles. The van der Waals surface area contributed by atoms with Crippen LogP contribution < -0.4 is 5.32 Å². The Bertz CT molecular complexity index is 765. The molecule has 5 heteroatoms. The molecular weight excluding hydrogens is 363 g/mol. The first kappa shape index (κ1) is 19.8. The van der Waals surface area contributed by atoms with Gasteiger partial charge in [0.05, 0.1) is 6.04 Å². The number of halogens is 2. The summed E-state index contributed by atoms with van der Waals surface area (Å²) in [7, 11) is 0. The monoisotopic (exact) mass is 388 g/mol. The number of aryl methyl sites for hydroxylation is 1. The number of likely N-dealkylation sites (tertiary alicyclic amines) is 1. The van der Waals surface area contributed by atoms with Crippen molar-refractivity contribution in [2.75, 3.05) is 13.1 Å². The van der Waals surface area contributed by atoms with Crippen molar-refractivity contribution in [2.24, 2.45) is 5.92 Å². The van der Waals surface area contributed by atoms with E-state index >= 15 is 0 Å². The maximum Gasteiger partial charge on any atom is 0.223 e. The summed E-state index contributed by atoms with van der Waals surface area (Å²) in [5.41, 5.74) is 2.86. The summed E-state index contributed by atoms with van der Waals surface area (Å²) in [5.74, 6) is -0.161. The zero-order valence-electron chi connectivity index (χ0n) is 15.8. The summed E-state index contributed by atoms with van der Waals surface area (Å²) in [4.78, 5) is 14.8. The molecule has 1 N–H and O–H groups in total. The SMILES string of the molecule is Cc1ccc(C(C)NC(=O)C2CCN(Cc3c(F)cccc3Cl)CC2)cc1. The van der Waals surface area contributed by atoms with E-state index in [4.69, 9.17) is 11.6 Å². The number of amides is 1. The third kappa shape index (κ3) is 5.08. The van der Waals surface area contributed by atoms with Crippen LogP contribution in [-0.2, 0) is 11.3 Å². The van der Waals surface area contributed by atoms with Crippen LogP contribution in [0, 0.1) is 18.7 Å². The smallest absolute Gasteiger partial charge is 0.223 e. The van der Waals surface area contributed by atoms with Gasteiger partial charge in [-0.2, -0.15) is 0 Å². The van der Waals surface area contributed by atoms with E-state index in [0.717, 1.165) is 31.5 Å². The van der Waals surface area contributed by atoms with Crippen LogP contribution in [0.2, 0.25) is 5.02 Å². The van der Waals surface area contributed by atoms with Crippen molar-refractivity contribution in [3.05, 3.63) is 70.0 Å². The second kappa shape index (κ2) is 8.85. The molecule has 3 nitrogen and oxygen atoms in total. The number of hydrogen-bond acceptors (Lipinski definition) is 2. The minimum absolute atomic E-state index is 0.00485. The van der Waals surface area contributed by atoms with Crippen LogP contribution >= 0.6 is 11.6 Å². The van der Waals surface area contributed by atoms with Gasteiger partial charge >= 0.3 is 0 Å². The van der Waals surface area contributed by atoms with E-state index in [1.165, 1.54) is 11.6 Å². The van der Waals surface area contributed by atoms with Gasteiger partial charge < -0.3 is 5.32 Å². The van der Waals surface area contributed by atoms with E-state index in [1.807, 2.05) is 6.92 Å². The van der Waals surface area contributed by atoms with Crippen LogP contribution in [0.25, 0.3) is 0 Å². The van der Waals surface area contributed by atoms with Gasteiger partial charge in [-0.3, -0.25) is 9.69 Å². The Morgan fingerprint density at radius 3 is 2.52 bits per heavy atom. The summed E-state index contributed by atoms with van der Waals surface area (Å²) in [6.07, 6.45) is 1.55. The van der Waals surface area contributed by atoms with Gasteiger partial charge in [0, 0.05) is 23.0 Å². The molecule has 1 aliphatic rings. The van der Waals surface area contributed by atoms with Gasteiger partial charge in [0.2, 0.25) is 5.91 Å². The van der Waals surface area contributed by atoms with Gasteiger partial charge in [0.25, 0.3) is 0 Å². The van der Waals surface area contributed by atoms with Crippen LogP contribution in [0.15, 0.2) is 42.5 Å². The van der Waals surface area contributed by atoms with Gasteiger partial charge in [-0.15, -0.1) is 0 Å². The predicted octanol–water partition coefficient (Wildman–Crippen LogP) is 4.88. The lowest BCUT2D eigenvalue weighted by Gasteiger charge is -2.32. The van der Waals surface area contributed by atoms with E-state index in [2.05, 4.69) is 41.4 Å². The summed E-state index contributed by atoms with van der Waals surface area (Å²) in [5, 5.41) is 3.59. The van der Waals surface area contributed by atoms with Crippen molar-refractivity contribution in [3.63, 3.8) is 0 Å². The molecule has 1 atom stereocenters. The zero-order valence-corrected chi connectivity index (χ0v) is 16.6.